The molecule has 2 atom stereocenters. The fourth-order valence-electron chi connectivity index (χ4n) is 1.87. The van der Waals surface area contributed by atoms with Gasteiger partial charge in [-0.2, -0.15) is 0 Å². The van der Waals surface area contributed by atoms with Crippen LogP contribution in [0.4, 0.5) is 0 Å². The molecule has 1 aliphatic heterocycles. The molecule has 0 aromatic heterocycles. The Morgan fingerprint density at radius 2 is 2.06 bits per heavy atom. The third-order valence-corrected chi connectivity index (χ3v) is 2.79. The molecule has 1 rings (SSSR count). The summed E-state index contributed by atoms with van der Waals surface area (Å²) >= 11 is 0. The molecule has 0 bridgehead atoms. The van der Waals surface area contributed by atoms with Crippen LogP contribution in [0.15, 0.2) is 0 Å². The molecule has 0 aromatic rings. The molecular formula is C12H25ClN2O. The number of carbonyl (C=O) groups excluding carboxylic acids is 1. The summed E-state index contributed by atoms with van der Waals surface area (Å²) in [5.74, 6) is 0.446. The lowest BCUT2D eigenvalue weighted by atomic mass is 9.91. The third-order valence-electron chi connectivity index (χ3n) is 2.79. The van der Waals surface area contributed by atoms with Gasteiger partial charge < -0.3 is 10.6 Å². The van der Waals surface area contributed by atoms with E-state index in [0.29, 0.717) is 6.04 Å². The number of hydrogen-bond donors (Lipinski definition) is 2. The largest absolute Gasteiger partial charge is 0.355 e. The van der Waals surface area contributed by atoms with Crippen LogP contribution in [0.3, 0.4) is 0 Å². The maximum atomic E-state index is 11.9. The predicted molar refractivity (Wildman–Crippen MR) is 69.9 cm³/mol. The zero-order valence-electron chi connectivity index (χ0n) is 10.8. The average molecular weight is 249 g/mol. The van der Waals surface area contributed by atoms with Crippen molar-refractivity contribution < 1.29 is 4.79 Å². The monoisotopic (exact) mass is 248 g/mol. The van der Waals surface area contributed by atoms with E-state index in [-0.39, 0.29) is 29.6 Å². The van der Waals surface area contributed by atoms with E-state index < -0.39 is 0 Å². The lowest BCUT2D eigenvalue weighted by Crippen LogP contribution is -2.44. The van der Waals surface area contributed by atoms with Crippen LogP contribution in [0.1, 0.15) is 40.5 Å². The minimum atomic E-state index is 0. The molecule has 2 N–H and O–H groups in total. The number of halogens is 1. The summed E-state index contributed by atoms with van der Waals surface area (Å²) in [7, 11) is 0. The van der Waals surface area contributed by atoms with Crippen molar-refractivity contribution in [3.8, 4) is 0 Å². The Morgan fingerprint density at radius 3 is 2.56 bits per heavy atom. The van der Waals surface area contributed by atoms with Gasteiger partial charge in [0, 0.05) is 18.5 Å². The Hall–Kier alpha value is -0.280. The van der Waals surface area contributed by atoms with Gasteiger partial charge in [0.15, 0.2) is 0 Å². The minimum absolute atomic E-state index is 0. The lowest BCUT2D eigenvalue weighted by molar-refractivity contribution is -0.126. The minimum Gasteiger partial charge on any atom is -0.355 e. The van der Waals surface area contributed by atoms with Gasteiger partial charge in [0.1, 0.15) is 0 Å². The van der Waals surface area contributed by atoms with Gasteiger partial charge in [-0.15, -0.1) is 12.4 Å². The first-order chi connectivity index (χ1) is 6.88. The van der Waals surface area contributed by atoms with Crippen LogP contribution in [0.25, 0.3) is 0 Å². The van der Waals surface area contributed by atoms with E-state index in [1.165, 1.54) is 0 Å². The second-order valence-corrected chi connectivity index (χ2v) is 5.85. The van der Waals surface area contributed by atoms with Gasteiger partial charge in [-0.1, -0.05) is 20.8 Å². The average Bonchev–Trinajstić information content (AvgIpc) is 2.13. The highest BCUT2D eigenvalue weighted by atomic mass is 35.5. The fraction of sp³-hybridized carbons (Fsp3) is 0.917. The summed E-state index contributed by atoms with van der Waals surface area (Å²) in [6.07, 6.45) is 1.94. The molecule has 1 saturated heterocycles. The molecule has 0 saturated carbocycles. The number of hydrogen-bond acceptors (Lipinski definition) is 2. The number of carbonyl (C=O) groups is 1. The fourth-order valence-corrected chi connectivity index (χ4v) is 1.87. The zero-order valence-corrected chi connectivity index (χ0v) is 11.6. The molecule has 0 spiro atoms. The van der Waals surface area contributed by atoms with Gasteiger partial charge in [-0.05, 0) is 31.7 Å². The molecular weight excluding hydrogens is 224 g/mol. The normalized spacial score (nSPS) is 25.8. The molecule has 3 nitrogen and oxygen atoms in total. The van der Waals surface area contributed by atoms with Gasteiger partial charge in [-0.25, -0.2) is 0 Å². The maximum Gasteiger partial charge on any atom is 0.223 e. The highest BCUT2D eigenvalue weighted by Crippen LogP contribution is 2.17. The van der Waals surface area contributed by atoms with Crippen LogP contribution in [-0.2, 0) is 4.79 Å². The number of rotatable bonds is 2. The van der Waals surface area contributed by atoms with Crippen molar-refractivity contribution in [2.24, 2.45) is 11.3 Å². The predicted octanol–water partition coefficient (Wildman–Crippen LogP) is 1.96. The summed E-state index contributed by atoms with van der Waals surface area (Å²) < 4.78 is 0. The van der Waals surface area contributed by atoms with Crippen LogP contribution >= 0.6 is 12.4 Å². The molecule has 96 valence electrons. The second kappa shape index (κ2) is 6.45. The Labute approximate surface area is 105 Å². The van der Waals surface area contributed by atoms with E-state index in [0.717, 1.165) is 25.9 Å². The Bertz CT molecular complexity index is 226. The molecule has 16 heavy (non-hydrogen) atoms. The Balaban J connectivity index is 0.00000225. The highest BCUT2D eigenvalue weighted by Gasteiger charge is 2.25. The molecule has 1 amide bonds. The van der Waals surface area contributed by atoms with Crippen LogP contribution in [0.2, 0.25) is 0 Å². The standard InChI is InChI=1S/C12H24N2O.ClH/c1-9-7-10(5-6-13-9)11(15)14-8-12(2,3)4;/h9-10,13H,5-8H2,1-4H3,(H,14,15);1H/t9-,10-;/m0./s1. The summed E-state index contributed by atoms with van der Waals surface area (Å²) in [6, 6.07) is 0.476. The summed E-state index contributed by atoms with van der Waals surface area (Å²) in [5.41, 5.74) is 0.175. The van der Waals surface area contributed by atoms with Crippen molar-refractivity contribution in [2.45, 2.75) is 46.6 Å². The summed E-state index contributed by atoms with van der Waals surface area (Å²) in [4.78, 5) is 11.9. The second-order valence-electron chi connectivity index (χ2n) is 5.85. The van der Waals surface area contributed by atoms with Crippen molar-refractivity contribution in [3.63, 3.8) is 0 Å². The van der Waals surface area contributed by atoms with Crippen LogP contribution in [0, 0.1) is 11.3 Å². The van der Waals surface area contributed by atoms with Crippen molar-refractivity contribution in [1.29, 1.82) is 0 Å². The van der Waals surface area contributed by atoms with Gasteiger partial charge in [0.25, 0.3) is 0 Å². The summed E-state index contributed by atoms with van der Waals surface area (Å²) in [5, 5.41) is 6.41. The topological polar surface area (TPSA) is 41.1 Å². The van der Waals surface area contributed by atoms with E-state index in [4.69, 9.17) is 0 Å². The van der Waals surface area contributed by atoms with Crippen molar-refractivity contribution in [3.05, 3.63) is 0 Å². The molecule has 1 aliphatic rings. The van der Waals surface area contributed by atoms with Gasteiger partial charge in [0.2, 0.25) is 5.91 Å². The molecule has 0 aliphatic carbocycles. The third kappa shape index (κ3) is 5.71. The van der Waals surface area contributed by atoms with E-state index in [1.54, 1.807) is 0 Å². The molecule has 1 heterocycles. The number of piperidine rings is 1. The first-order valence-electron chi connectivity index (χ1n) is 5.89. The Kier molecular flexibility index (Phi) is 6.34. The SMILES string of the molecule is C[C@H]1C[C@@H](C(=O)NCC(C)(C)C)CCN1.Cl. The lowest BCUT2D eigenvalue weighted by Gasteiger charge is -2.28. The smallest absolute Gasteiger partial charge is 0.223 e. The van der Waals surface area contributed by atoms with Crippen LogP contribution < -0.4 is 10.6 Å². The van der Waals surface area contributed by atoms with E-state index in [9.17, 15) is 4.79 Å². The van der Waals surface area contributed by atoms with Crippen LogP contribution in [-0.4, -0.2) is 25.0 Å². The highest BCUT2D eigenvalue weighted by molar-refractivity contribution is 5.85. The van der Waals surface area contributed by atoms with Crippen molar-refractivity contribution in [2.75, 3.05) is 13.1 Å². The maximum absolute atomic E-state index is 11.9. The van der Waals surface area contributed by atoms with Gasteiger partial charge in [0.05, 0.1) is 0 Å². The molecule has 0 aromatic carbocycles. The van der Waals surface area contributed by atoms with Crippen molar-refractivity contribution in [1.82, 2.24) is 10.6 Å². The van der Waals surface area contributed by atoms with E-state index >= 15 is 0 Å². The van der Waals surface area contributed by atoms with Gasteiger partial charge >= 0.3 is 0 Å². The van der Waals surface area contributed by atoms with Gasteiger partial charge in [-0.3, -0.25) is 4.79 Å². The Morgan fingerprint density at radius 1 is 1.44 bits per heavy atom. The molecule has 1 fully saturated rings. The van der Waals surface area contributed by atoms with E-state index in [2.05, 4.69) is 38.3 Å². The first-order valence-corrected chi connectivity index (χ1v) is 5.89. The first kappa shape index (κ1) is 15.7. The molecule has 0 radical (unpaired) electrons. The van der Waals surface area contributed by atoms with Crippen molar-refractivity contribution >= 4 is 18.3 Å². The van der Waals surface area contributed by atoms with E-state index in [1.807, 2.05) is 0 Å². The number of nitrogens with one attached hydrogen (secondary N) is 2. The van der Waals surface area contributed by atoms with Crippen LogP contribution in [0.5, 0.6) is 0 Å². The quantitative estimate of drug-likeness (QED) is 0.785. The molecule has 0 unspecified atom stereocenters. The molecule has 4 heteroatoms. The number of amides is 1. The summed E-state index contributed by atoms with van der Waals surface area (Å²) in [6.45, 7) is 10.3. The zero-order chi connectivity index (χ0) is 11.5.